The van der Waals surface area contributed by atoms with Gasteiger partial charge < -0.3 is 20.4 Å². The fourth-order valence-electron chi connectivity index (χ4n) is 3.33. The number of carboxylic acid groups (broad SMARTS) is 3. The van der Waals surface area contributed by atoms with E-state index in [2.05, 4.69) is 6.92 Å². The molecular formula is C20H36O7. The van der Waals surface area contributed by atoms with Gasteiger partial charge in [-0.25, -0.2) is 4.79 Å². The fraction of sp³-hybridized carbons (Fsp3) is 0.850. The monoisotopic (exact) mass is 388 g/mol. The Kier molecular flexibility index (Phi) is 13.6. The van der Waals surface area contributed by atoms with E-state index in [0.29, 0.717) is 6.42 Å². The molecular weight excluding hydrogens is 352 g/mol. The maximum Gasteiger partial charge on any atom is 0.337 e. The van der Waals surface area contributed by atoms with Crippen molar-refractivity contribution in [2.24, 2.45) is 5.92 Å². The minimum absolute atomic E-state index is 0.0527. The van der Waals surface area contributed by atoms with Crippen LogP contribution in [0, 0.1) is 5.92 Å². The second kappa shape index (κ2) is 14.4. The molecule has 0 aliphatic rings. The van der Waals surface area contributed by atoms with E-state index in [0.717, 1.165) is 25.7 Å². The smallest absolute Gasteiger partial charge is 0.337 e. The van der Waals surface area contributed by atoms with Gasteiger partial charge in [-0.2, -0.15) is 0 Å². The molecule has 4 N–H and O–H groups in total. The van der Waals surface area contributed by atoms with Crippen LogP contribution in [0.15, 0.2) is 0 Å². The minimum Gasteiger partial charge on any atom is -0.481 e. The normalized spacial score (nSPS) is 14.4. The van der Waals surface area contributed by atoms with Crippen LogP contribution in [0.25, 0.3) is 0 Å². The van der Waals surface area contributed by atoms with E-state index in [1.807, 2.05) is 0 Å². The van der Waals surface area contributed by atoms with Crippen LogP contribution in [-0.4, -0.2) is 43.9 Å². The average Bonchev–Trinajstić information content (AvgIpc) is 2.57. The molecule has 0 aliphatic carbocycles. The average molecular weight is 389 g/mol. The van der Waals surface area contributed by atoms with Crippen LogP contribution in [0.2, 0.25) is 0 Å². The second-order valence-corrected chi connectivity index (χ2v) is 7.37. The summed E-state index contributed by atoms with van der Waals surface area (Å²) in [6.07, 6.45) is 12.0. The van der Waals surface area contributed by atoms with Crippen LogP contribution in [0.5, 0.6) is 0 Å². The number of aliphatic hydroxyl groups is 1. The third-order valence-electron chi connectivity index (χ3n) is 5.01. The van der Waals surface area contributed by atoms with Gasteiger partial charge in [0.2, 0.25) is 0 Å². The lowest BCUT2D eigenvalue weighted by Gasteiger charge is -2.28. The van der Waals surface area contributed by atoms with Crippen molar-refractivity contribution in [3.8, 4) is 0 Å². The molecule has 0 aromatic rings. The maximum atomic E-state index is 11.3. The summed E-state index contributed by atoms with van der Waals surface area (Å²) in [4.78, 5) is 33.4. The van der Waals surface area contributed by atoms with Gasteiger partial charge in [0.15, 0.2) is 5.60 Å². The summed E-state index contributed by atoms with van der Waals surface area (Å²) in [6.45, 7) is 2.20. The van der Waals surface area contributed by atoms with Crippen molar-refractivity contribution in [2.45, 2.75) is 102 Å². The summed E-state index contributed by atoms with van der Waals surface area (Å²) in [7, 11) is 0. The van der Waals surface area contributed by atoms with Crippen LogP contribution in [0.3, 0.4) is 0 Å². The molecule has 0 amide bonds. The Hall–Kier alpha value is -1.63. The van der Waals surface area contributed by atoms with Crippen LogP contribution >= 0.6 is 0 Å². The van der Waals surface area contributed by atoms with E-state index in [1.54, 1.807) is 0 Å². The highest BCUT2D eigenvalue weighted by atomic mass is 16.4. The summed E-state index contributed by atoms with van der Waals surface area (Å²) < 4.78 is 0. The predicted octanol–water partition coefficient (Wildman–Crippen LogP) is 4.07. The largest absolute Gasteiger partial charge is 0.481 e. The van der Waals surface area contributed by atoms with Crippen molar-refractivity contribution in [3.05, 3.63) is 0 Å². The van der Waals surface area contributed by atoms with Crippen molar-refractivity contribution in [2.75, 3.05) is 0 Å². The quantitative estimate of drug-likeness (QED) is 0.260. The van der Waals surface area contributed by atoms with Crippen LogP contribution < -0.4 is 0 Å². The highest BCUT2D eigenvalue weighted by molar-refractivity contribution is 5.89. The standard InChI is InChI=1S/C20H36O7/c1-2-3-4-5-6-7-8-9-10-11-12-13-14-16(18(23)24)20(27,19(25)26)15-17(21)22/h16,27H,2-15H2,1H3,(H,21,22)(H,23,24)(H,25,26)/t16-,20-/m1/s1. The molecule has 2 atom stereocenters. The molecule has 0 aromatic heterocycles. The van der Waals surface area contributed by atoms with E-state index >= 15 is 0 Å². The van der Waals surface area contributed by atoms with E-state index in [4.69, 9.17) is 10.2 Å². The first kappa shape index (κ1) is 25.4. The first-order valence-corrected chi connectivity index (χ1v) is 10.2. The zero-order valence-electron chi connectivity index (χ0n) is 16.5. The van der Waals surface area contributed by atoms with Gasteiger partial charge in [-0.3, -0.25) is 9.59 Å². The SMILES string of the molecule is CCCCCCCCCCCCCC[C@H](C(=O)O)[C@](O)(CC(=O)O)C(=O)O. The molecule has 0 rings (SSSR count). The molecule has 0 heterocycles. The number of hydrogen-bond acceptors (Lipinski definition) is 4. The topological polar surface area (TPSA) is 132 Å². The Balaban J connectivity index is 4.05. The first-order valence-electron chi connectivity index (χ1n) is 10.2. The van der Waals surface area contributed by atoms with Crippen molar-refractivity contribution in [1.82, 2.24) is 0 Å². The van der Waals surface area contributed by atoms with Crippen LogP contribution in [-0.2, 0) is 14.4 Å². The number of aliphatic carboxylic acids is 3. The Labute approximate surface area is 161 Å². The van der Waals surface area contributed by atoms with E-state index < -0.39 is 35.8 Å². The Bertz CT molecular complexity index is 450. The molecule has 0 spiro atoms. The lowest BCUT2D eigenvalue weighted by atomic mass is 9.81. The number of unbranched alkanes of at least 4 members (excludes halogenated alkanes) is 11. The third kappa shape index (κ3) is 11.0. The summed E-state index contributed by atoms with van der Waals surface area (Å²) in [6, 6.07) is 0. The zero-order valence-corrected chi connectivity index (χ0v) is 16.5. The number of rotatable bonds is 18. The highest BCUT2D eigenvalue weighted by Gasteiger charge is 2.49. The summed E-state index contributed by atoms with van der Waals surface area (Å²) in [5, 5.41) is 37.2. The number of carbonyl (C=O) groups is 3. The van der Waals surface area contributed by atoms with E-state index in [1.165, 1.54) is 44.9 Å². The van der Waals surface area contributed by atoms with Gasteiger partial charge in [-0.05, 0) is 6.42 Å². The third-order valence-corrected chi connectivity index (χ3v) is 5.01. The summed E-state index contributed by atoms with van der Waals surface area (Å²) >= 11 is 0. The molecule has 27 heavy (non-hydrogen) atoms. The molecule has 0 aromatic carbocycles. The first-order chi connectivity index (χ1) is 12.8. The van der Waals surface area contributed by atoms with Gasteiger partial charge in [0.25, 0.3) is 0 Å². The number of carboxylic acids is 3. The lowest BCUT2D eigenvalue weighted by Crippen LogP contribution is -2.50. The van der Waals surface area contributed by atoms with E-state index in [9.17, 15) is 24.6 Å². The number of hydrogen-bond donors (Lipinski definition) is 4. The molecule has 0 bridgehead atoms. The van der Waals surface area contributed by atoms with Crippen molar-refractivity contribution < 1.29 is 34.8 Å². The predicted molar refractivity (Wildman–Crippen MR) is 102 cm³/mol. The molecule has 0 saturated heterocycles. The molecule has 0 fully saturated rings. The molecule has 0 radical (unpaired) electrons. The van der Waals surface area contributed by atoms with Gasteiger partial charge in [-0.15, -0.1) is 0 Å². The highest BCUT2D eigenvalue weighted by Crippen LogP contribution is 2.28. The zero-order chi connectivity index (χ0) is 20.7. The minimum atomic E-state index is -2.78. The maximum absolute atomic E-state index is 11.3. The molecule has 0 unspecified atom stereocenters. The second-order valence-electron chi connectivity index (χ2n) is 7.37. The summed E-state index contributed by atoms with van der Waals surface area (Å²) in [5.74, 6) is -6.46. The Morgan fingerprint density at radius 3 is 1.48 bits per heavy atom. The molecule has 158 valence electrons. The van der Waals surface area contributed by atoms with Gasteiger partial charge in [0, 0.05) is 0 Å². The lowest BCUT2D eigenvalue weighted by molar-refractivity contribution is -0.179. The Morgan fingerprint density at radius 1 is 0.741 bits per heavy atom. The Morgan fingerprint density at radius 2 is 1.15 bits per heavy atom. The van der Waals surface area contributed by atoms with Gasteiger partial charge in [-0.1, -0.05) is 84.0 Å². The van der Waals surface area contributed by atoms with Crippen molar-refractivity contribution in [1.29, 1.82) is 0 Å². The van der Waals surface area contributed by atoms with Crippen LogP contribution in [0.4, 0.5) is 0 Å². The van der Waals surface area contributed by atoms with Gasteiger partial charge in [0.1, 0.15) is 0 Å². The summed E-state index contributed by atoms with van der Waals surface area (Å²) in [5.41, 5.74) is -2.78. The fourth-order valence-corrected chi connectivity index (χ4v) is 3.33. The molecule has 0 aliphatic heterocycles. The van der Waals surface area contributed by atoms with Gasteiger partial charge in [0.05, 0.1) is 12.3 Å². The molecule has 0 saturated carbocycles. The van der Waals surface area contributed by atoms with Crippen molar-refractivity contribution in [3.63, 3.8) is 0 Å². The van der Waals surface area contributed by atoms with Crippen LogP contribution in [0.1, 0.15) is 96.8 Å². The van der Waals surface area contributed by atoms with Crippen molar-refractivity contribution >= 4 is 17.9 Å². The van der Waals surface area contributed by atoms with E-state index in [-0.39, 0.29) is 6.42 Å². The van der Waals surface area contributed by atoms with Gasteiger partial charge >= 0.3 is 17.9 Å². The molecule has 7 heteroatoms. The molecule has 7 nitrogen and oxygen atoms in total.